The molecule has 2 fully saturated rings. The van der Waals surface area contributed by atoms with Crippen LogP contribution in [0.4, 0.5) is 23.8 Å². The third-order valence-corrected chi connectivity index (χ3v) is 16.8. The second kappa shape index (κ2) is 13.7. The number of fused-ring (bicyclic) bond motifs is 4. The third kappa shape index (κ3) is 6.02. The Morgan fingerprint density at radius 1 is 1.02 bits per heavy atom. The van der Waals surface area contributed by atoms with E-state index < -0.39 is 31.9 Å². The molecule has 2 atom stereocenters. The number of amides is 1. The van der Waals surface area contributed by atoms with Crippen molar-refractivity contribution in [2.24, 2.45) is 0 Å². The van der Waals surface area contributed by atoms with Crippen LogP contribution in [0.15, 0.2) is 30.5 Å². The predicted octanol–water partition coefficient (Wildman–Crippen LogP) is 8.15. The molecule has 2 aromatic carbocycles. The fourth-order valence-electron chi connectivity index (χ4n) is 8.37. The first-order valence-electron chi connectivity index (χ1n) is 17.0. The highest BCUT2D eigenvalue weighted by atomic mass is 28.3. The molecule has 1 N–H and O–H groups in total. The normalized spacial score (nSPS) is 17.7. The number of ether oxygens (including phenoxy) is 2. The van der Waals surface area contributed by atoms with Gasteiger partial charge in [-0.15, -0.1) is 5.54 Å². The van der Waals surface area contributed by atoms with Crippen molar-refractivity contribution < 1.29 is 32.5 Å². The summed E-state index contributed by atoms with van der Waals surface area (Å²) in [5.41, 5.74) is 4.34. The van der Waals surface area contributed by atoms with E-state index in [2.05, 4.69) is 68.0 Å². The summed E-state index contributed by atoms with van der Waals surface area (Å²) >= 11 is 0. The second-order valence-electron chi connectivity index (χ2n) is 14.2. The molecule has 2 aliphatic heterocycles. The topological polar surface area (TPSA) is 101 Å². The Hall–Kier alpha value is -4.41. The van der Waals surface area contributed by atoms with Gasteiger partial charge in [-0.25, -0.2) is 13.6 Å². The molecule has 2 aliphatic rings. The van der Waals surface area contributed by atoms with Gasteiger partial charge in [-0.2, -0.15) is 14.4 Å². The van der Waals surface area contributed by atoms with Gasteiger partial charge in [-0.1, -0.05) is 53.5 Å². The maximum atomic E-state index is 16.8. The number of carboxylic acid groups (broad SMARTS) is 1. The quantitative estimate of drug-likeness (QED) is 0.0849. The minimum Gasteiger partial charge on any atom is -0.468 e. The zero-order valence-corrected chi connectivity index (χ0v) is 30.4. The van der Waals surface area contributed by atoms with E-state index in [0.717, 1.165) is 0 Å². The summed E-state index contributed by atoms with van der Waals surface area (Å²) in [7, 11) is -0.821. The maximum absolute atomic E-state index is 16.8. The smallest absolute Gasteiger partial charge is 0.407 e. The van der Waals surface area contributed by atoms with E-state index in [9.17, 15) is 9.90 Å². The van der Waals surface area contributed by atoms with Crippen molar-refractivity contribution in [1.82, 2.24) is 19.9 Å². The van der Waals surface area contributed by atoms with Gasteiger partial charge in [0.15, 0.2) is 12.6 Å². The van der Waals surface area contributed by atoms with Gasteiger partial charge in [-0.3, -0.25) is 9.88 Å². The summed E-state index contributed by atoms with van der Waals surface area (Å²) < 4.78 is 58.8. The monoisotopic (exact) mass is 705 g/mol. The van der Waals surface area contributed by atoms with Gasteiger partial charge >= 0.3 is 12.2 Å². The van der Waals surface area contributed by atoms with Gasteiger partial charge < -0.3 is 19.5 Å². The number of halogens is 3. The van der Waals surface area contributed by atoms with E-state index in [0.29, 0.717) is 46.0 Å². The second-order valence-corrected chi connectivity index (χ2v) is 19.7. The summed E-state index contributed by atoms with van der Waals surface area (Å²) in [5, 5.41) is 10.8. The Kier molecular flexibility index (Phi) is 9.71. The van der Waals surface area contributed by atoms with Crippen molar-refractivity contribution in [3.8, 4) is 28.5 Å². The van der Waals surface area contributed by atoms with E-state index in [4.69, 9.17) is 9.47 Å². The molecule has 0 saturated carbocycles. The fourth-order valence-corrected chi connectivity index (χ4v) is 13.6. The lowest BCUT2D eigenvalue weighted by Crippen LogP contribution is -2.55. The Labute approximate surface area is 290 Å². The highest BCUT2D eigenvalue weighted by Crippen LogP contribution is 2.43. The van der Waals surface area contributed by atoms with Crippen LogP contribution in [-0.2, 0) is 4.74 Å². The number of hydrogen-bond donors (Lipinski definition) is 1. The molecule has 0 spiro atoms. The van der Waals surface area contributed by atoms with Crippen molar-refractivity contribution >= 4 is 41.7 Å². The molecular formula is C37H42F3N5O4Si. The molecule has 4 aromatic rings. The molecule has 50 heavy (non-hydrogen) atoms. The van der Waals surface area contributed by atoms with Gasteiger partial charge in [0.25, 0.3) is 0 Å². The Balaban J connectivity index is 1.56. The van der Waals surface area contributed by atoms with Crippen molar-refractivity contribution in [2.45, 2.75) is 83.1 Å². The molecule has 0 radical (unpaired) electrons. The van der Waals surface area contributed by atoms with E-state index in [1.54, 1.807) is 23.1 Å². The Bertz CT molecular complexity index is 2000. The number of benzene rings is 2. The van der Waals surface area contributed by atoms with E-state index in [1.807, 2.05) is 0 Å². The minimum atomic E-state index is -2.30. The van der Waals surface area contributed by atoms with Crippen LogP contribution < -0.4 is 9.64 Å². The number of pyridine rings is 1. The Morgan fingerprint density at radius 3 is 2.28 bits per heavy atom. The highest BCUT2D eigenvalue weighted by Gasteiger charge is 2.44. The number of carbonyl (C=O) groups is 1. The van der Waals surface area contributed by atoms with E-state index in [-0.39, 0.29) is 65.5 Å². The third-order valence-electron chi connectivity index (χ3n) is 10.5. The first kappa shape index (κ1) is 35.4. The molecule has 6 rings (SSSR count). The van der Waals surface area contributed by atoms with Crippen molar-refractivity contribution in [1.29, 1.82) is 0 Å². The molecular weight excluding hydrogens is 664 g/mol. The lowest BCUT2D eigenvalue weighted by atomic mass is 9.95. The van der Waals surface area contributed by atoms with E-state index in [1.165, 1.54) is 24.3 Å². The predicted molar refractivity (Wildman–Crippen MR) is 189 cm³/mol. The zero-order valence-electron chi connectivity index (χ0n) is 29.4. The van der Waals surface area contributed by atoms with Crippen LogP contribution in [0.1, 0.15) is 59.9 Å². The molecule has 1 amide bonds. The van der Waals surface area contributed by atoms with Crippen LogP contribution in [-0.4, -0.2) is 78.2 Å². The van der Waals surface area contributed by atoms with Gasteiger partial charge in [0.05, 0.1) is 23.0 Å². The van der Waals surface area contributed by atoms with Gasteiger partial charge in [-0.05, 0) is 53.1 Å². The molecule has 13 heteroatoms. The number of nitrogens with zero attached hydrogens (tertiary/aromatic N) is 5. The first-order valence-corrected chi connectivity index (χ1v) is 19.2. The summed E-state index contributed by atoms with van der Waals surface area (Å²) in [6, 6.07) is 5.61. The van der Waals surface area contributed by atoms with Crippen LogP contribution in [0.2, 0.25) is 16.6 Å². The van der Waals surface area contributed by atoms with Gasteiger partial charge in [0.1, 0.15) is 36.7 Å². The summed E-state index contributed by atoms with van der Waals surface area (Å²) in [6.07, 6.45) is 0.598. The zero-order chi connectivity index (χ0) is 36.1. The molecule has 2 unspecified atom stereocenters. The maximum Gasteiger partial charge on any atom is 0.407 e. The number of anilines is 1. The SMILES string of the molecule is COCOc1cc(-c2ncc3c(N4CC5CCC(C4)N5C(=O)O)nc(F)nc3c2F)c2c(C#C[Si](C(C)C)(C(C)C)C(C)C)c(F)ccc2c1. The van der Waals surface area contributed by atoms with Crippen LogP contribution in [0.5, 0.6) is 5.75 Å². The molecule has 2 bridgehead atoms. The highest BCUT2D eigenvalue weighted by molar-refractivity contribution is 6.90. The van der Waals surface area contributed by atoms with Crippen molar-refractivity contribution in [3.63, 3.8) is 0 Å². The fraction of sp³-hybridized carbons (Fsp3) is 0.459. The summed E-state index contributed by atoms with van der Waals surface area (Å²) in [6.45, 7) is 13.5. The van der Waals surface area contributed by atoms with E-state index >= 15 is 13.2 Å². The van der Waals surface area contributed by atoms with Gasteiger partial charge in [0.2, 0.25) is 0 Å². The van der Waals surface area contributed by atoms with Crippen LogP contribution in [0.3, 0.4) is 0 Å². The molecule has 2 aromatic heterocycles. The Morgan fingerprint density at radius 2 is 1.68 bits per heavy atom. The number of methoxy groups -OCH3 is 1. The minimum absolute atomic E-state index is 0.0867. The molecule has 0 aliphatic carbocycles. The molecule has 4 heterocycles. The molecule has 2 saturated heterocycles. The average Bonchev–Trinajstić information content (AvgIpc) is 3.34. The molecule has 264 valence electrons. The van der Waals surface area contributed by atoms with Crippen molar-refractivity contribution in [2.75, 3.05) is 31.9 Å². The number of aromatic nitrogens is 3. The number of rotatable bonds is 8. The van der Waals surface area contributed by atoms with Crippen LogP contribution >= 0.6 is 0 Å². The van der Waals surface area contributed by atoms with Gasteiger partial charge in [0, 0.05) is 37.3 Å². The first-order chi connectivity index (χ1) is 23.8. The average molecular weight is 706 g/mol. The summed E-state index contributed by atoms with van der Waals surface area (Å²) in [4.78, 5) is 27.5. The largest absolute Gasteiger partial charge is 0.468 e. The lowest BCUT2D eigenvalue weighted by Gasteiger charge is -2.40. The lowest BCUT2D eigenvalue weighted by molar-refractivity contribution is 0.0512. The number of hydrogen-bond acceptors (Lipinski definition) is 7. The molecule has 9 nitrogen and oxygen atoms in total. The van der Waals surface area contributed by atoms with Crippen LogP contribution in [0, 0.1) is 29.2 Å². The summed E-state index contributed by atoms with van der Waals surface area (Å²) in [5.74, 6) is 2.25. The van der Waals surface area contributed by atoms with Crippen molar-refractivity contribution in [3.05, 3.63) is 53.7 Å². The van der Waals surface area contributed by atoms with Crippen LogP contribution in [0.25, 0.3) is 32.9 Å². The standard InChI is InChI=1S/C37H42F3N5O4Si/c1-20(2)50(21(3)4,22(5)6)13-12-27-30(38)11-8-23-14-26(49-19-48-7)15-28(31(23)27)33-32(39)34-29(16-41-33)35(43-36(40)42-34)44-17-24-9-10-25(18-44)45(24)37(46)47/h8,11,14-16,20-22,24-25H,9-10,17-19H2,1-7H3,(H,46,47). The number of piperazine rings is 1.